The lowest BCUT2D eigenvalue weighted by atomic mass is 10.0. The molecule has 0 saturated carbocycles. The fraction of sp³-hybridized carbons (Fsp3) is 0.797. The first-order valence-corrected chi connectivity index (χ1v) is 30.1. The highest BCUT2D eigenvalue weighted by Gasteiger charge is 2.30. The zero-order valence-electron chi connectivity index (χ0n) is 45.8. The van der Waals surface area contributed by atoms with Crippen LogP contribution in [0.3, 0.4) is 0 Å². The first-order chi connectivity index (χ1) is 33.4. The van der Waals surface area contributed by atoms with Crippen LogP contribution in [0.15, 0.2) is 60.8 Å². The standard InChI is InChI=1S/C59H109N2O7P/c1-7-10-13-16-19-22-25-28-29-30-31-34-36-39-42-45-48-51-58(62)60-56(55-67-69(64,65)66-54-53-61(4,5)6)57(50-47-44-41-38-35-32-26-23-20-17-14-11-8-2)68-59(63)52-49-46-43-40-37-33-27-24-21-18-15-12-9-3/h12,15,18,21,24,27-29,47,50,56-57H,7-11,13-14,16-17,19-20,22-23,25-26,30-46,48-49,51-55H2,1-6H3,(H-,60,62,64,65)/p+1/b15-12+,21-18+,27-24-,29-28+,50-47-. The van der Waals surface area contributed by atoms with Gasteiger partial charge in [-0.2, -0.15) is 0 Å². The minimum atomic E-state index is -4.45. The van der Waals surface area contributed by atoms with E-state index in [0.29, 0.717) is 23.9 Å². The molecule has 0 aliphatic carbocycles. The van der Waals surface area contributed by atoms with Crippen LogP contribution < -0.4 is 5.32 Å². The molecule has 0 fully saturated rings. The number of esters is 1. The number of phosphoric acid groups is 1. The first-order valence-electron chi connectivity index (χ1n) is 28.6. The largest absolute Gasteiger partial charge is 0.472 e. The van der Waals surface area contributed by atoms with Crippen LogP contribution in [0.4, 0.5) is 0 Å². The van der Waals surface area contributed by atoms with E-state index in [0.717, 1.165) is 89.9 Å². The molecule has 69 heavy (non-hydrogen) atoms. The van der Waals surface area contributed by atoms with E-state index in [9.17, 15) is 19.0 Å². The Kier molecular flexibility index (Phi) is 47.7. The van der Waals surface area contributed by atoms with E-state index in [-0.39, 0.29) is 31.5 Å². The van der Waals surface area contributed by atoms with Crippen LogP contribution in [-0.4, -0.2) is 74.3 Å². The normalized spacial score (nSPS) is 14.2. The van der Waals surface area contributed by atoms with Crippen LogP contribution in [0.25, 0.3) is 0 Å². The number of nitrogens with zero attached hydrogens (tertiary/aromatic N) is 1. The van der Waals surface area contributed by atoms with Crippen LogP contribution in [-0.2, 0) is 27.9 Å². The minimum Gasteiger partial charge on any atom is -0.456 e. The van der Waals surface area contributed by atoms with Crippen molar-refractivity contribution in [1.29, 1.82) is 0 Å². The summed E-state index contributed by atoms with van der Waals surface area (Å²) in [6.45, 7) is 6.86. The lowest BCUT2D eigenvalue weighted by Gasteiger charge is -2.27. The number of hydrogen-bond donors (Lipinski definition) is 2. The summed E-state index contributed by atoms with van der Waals surface area (Å²) < 4.78 is 30.6. The molecule has 402 valence electrons. The van der Waals surface area contributed by atoms with Crippen molar-refractivity contribution in [2.24, 2.45) is 0 Å². The molecule has 0 aromatic heterocycles. The van der Waals surface area contributed by atoms with Crippen molar-refractivity contribution in [2.45, 2.75) is 264 Å². The van der Waals surface area contributed by atoms with Crippen molar-refractivity contribution in [3.8, 4) is 0 Å². The van der Waals surface area contributed by atoms with Gasteiger partial charge in [-0.25, -0.2) is 4.57 Å². The Morgan fingerprint density at radius 1 is 0.522 bits per heavy atom. The highest BCUT2D eigenvalue weighted by atomic mass is 31.2. The van der Waals surface area contributed by atoms with Gasteiger partial charge in [0.25, 0.3) is 0 Å². The summed E-state index contributed by atoms with van der Waals surface area (Å²) in [6, 6.07) is -0.858. The molecule has 0 aromatic carbocycles. The Morgan fingerprint density at radius 3 is 1.42 bits per heavy atom. The summed E-state index contributed by atoms with van der Waals surface area (Å²) in [5.41, 5.74) is 0. The first kappa shape index (κ1) is 66.7. The highest BCUT2D eigenvalue weighted by molar-refractivity contribution is 7.47. The molecule has 0 rings (SSSR count). The quantitative estimate of drug-likeness (QED) is 0.0156. The number of phosphoric ester groups is 1. The number of rotatable bonds is 51. The van der Waals surface area contributed by atoms with Crippen molar-refractivity contribution >= 4 is 19.7 Å². The molecular weight excluding hydrogens is 880 g/mol. The smallest absolute Gasteiger partial charge is 0.456 e. The highest BCUT2D eigenvalue weighted by Crippen LogP contribution is 2.43. The predicted octanol–water partition coefficient (Wildman–Crippen LogP) is 17.1. The molecule has 9 nitrogen and oxygen atoms in total. The molecule has 2 N–H and O–H groups in total. The van der Waals surface area contributed by atoms with Gasteiger partial charge in [-0.15, -0.1) is 0 Å². The van der Waals surface area contributed by atoms with Gasteiger partial charge in [-0.05, 0) is 76.7 Å². The summed E-state index contributed by atoms with van der Waals surface area (Å²) in [4.78, 5) is 37.6. The van der Waals surface area contributed by atoms with Crippen molar-refractivity contribution in [2.75, 3.05) is 40.9 Å². The van der Waals surface area contributed by atoms with E-state index in [1.807, 2.05) is 33.3 Å². The number of likely N-dealkylation sites (N-methyl/N-ethyl adjacent to an activating group) is 1. The molecule has 0 aromatic rings. The molecular formula is C59H110N2O7P+. The number of hydrogen-bond acceptors (Lipinski definition) is 6. The van der Waals surface area contributed by atoms with E-state index in [2.05, 4.69) is 74.7 Å². The Hall–Kier alpha value is -2.29. The summed E-state index contributed by atoms with van der Waals surface area (Å²) >= 11 is 0. The summed E-state index contributed by atoms with van der Waals surface area (Å²) in [5, 5.41) is 3.04. The summed E-state index contributed by atoms with van der Waals surface area (Å²) in [6.07, 6.45) is 60.7. The molecule has 0 aliphatic rings. The maximum absolute atomic E-state index is 13.5. The molecule has 3 atom stereocenters. The number of carbonyl (C=O) groups excluding carboxylic acids is 2. The van der Waals surface area contributed by atoms with Crippen LogP contribution in [0.5, 0.6) is 0 Å². The van der Waals surface area contributed by atoms with Gasteiger partial charge in [0.05, 0.1) is 33.8 Å². The maximum Gasteiger partial charge on any atom is 0.472 e. The van der Waals surface area contributed by atoms with Crippen molar-refractivity contribution in [1.82, 2.24) is 5.32 Å². The van der Waals surface area contributed by atoms with Gasteiger partial charge >= 0.3 is 13.8 Å². The third kappa shape index (κ3) is 50.4. The monoisotopic (exact) mass is 990 g/mol. The van der Waals surface area contributed by atoms with E-state index in [1.54, 1.807) is 0 Å². The van der Waals surface area contributed by atoms with Crippen LogP contribution in [0, 0.1) is 0 Å². The summed E-state index contributed by atoms with van der Waals surface area (Å²) in [7, 11) is 1.48. The topological polar surface area (TPSA) is 111 Å². The third-order valence-electron chi connectivity index (χ3n) is 12.5. The van der Waals surface area contributed by atoms with Gasteiger partial charge in [0.2, 0.25) is 5.91 Å². The van der Waals surface area contributed by atoms with Gasteiger partial charge in [-0.1, -0.05) is 223 Å². The van der Waals surface area contributed by atoms with Gasteiger partial charge in [0.1, 0.15) is 19.3 Å². The Bertz CT molecular complexity index is 1370. The van der Waals surface area contributed by atoms with Crippen molar-refractivity contribution < 1.29 is 37.3 Å². The number of carbonyl (C=O) groups is 2. The van der Waals surface area contributed by atoms with Gasteiger partial charge < -0.3 is 19.4 Å². The lowest BCUT2D eigenvalue weighted by molar-refractivity contribution is -0.870. The SMILES string of the molecule is CC/C=C/C=C/C=C\CCCCCCCC(=O)OC(/C=C\CCCCCCCCCCCCC)C(COP(=O)(O)OCC[N+](C)(C)C)NC(=O)CCCCCCCCC/C=C/CCCCCCCC. The van der Waals surface area contributed by atoms with E-state index < -0.39 is 20.0 Å². The van der Waals surface area contributed by atoms with Crippen molar-refractivity contribution in [3.63, 3.8) is 0 Å². The van der Waals surface area contributed by atoms with Gasteiger partial charge in [-0.3, -0.25) is 18.6 Å². The lowest BCUT2D eigenvalue weighted by Crippen LogP contribution is -2.47. The van der Waals surface area contributed by atoms with Gasteiger partial charge in [0.15, 0.2) is 0 Å². The third-order valence-corrected chi connectivity index (χ3v) is 13.5. The van der Waals surface area contributed by atoms with E-state index in [4.69, 9.17) is 13.8 Å². The van der Waals surface area contributed by atoms with Crippen LogP contribution in [0.1, 0.15) is 252 Å². The second-order valence-corrected chi connectivity index (χ2v) is 21.9. The molecule has 0 spiro atoms. The number of nitrogens with one attached hydrogen (secondary N) is 1. The molecule has 1 amide bonds. The second kappa shape index (κ2) is 49.3. The maximum atomic E-state index is 13.5. The van der Waals surface area contributed by atoms with Crippen LogP contribution >= 0.6 is 7.82 Å². The Balaban J connectivity index is 5.38. The fourth-order valence-electron chi connectivity index (χ4n) is 8.05. The molecule has 10 heteroatoms. The Labute approximate surface area is 426 Å². The van der Waals surface area contributed by atoms with Crippen LogP contribution in [0.2, 0.25) is 0 Å². The summed E-state index contributed by atoms with van der Waals surface area (Å²) in [5.74, 6) is -0.532. The zero-order valence-corrected chi connectivity index (χ0v) is 46.7. The average molecular weight is 991 g/mol. The zero-order chi connectivity index (χ0) is 50.8. The number of allylic oxidation sites excluding steroid dienone is 9. The van der Waals surface area contributed by atoms with Crippen molar-refractivity contribution in [3.05, 3.63) is 60.8 Å². The number of quaternary nitrogens is 1. The molecule has 3 unspecified atom stereocenters. The molecule has 0 saturated heterocycles. The minimum absolute atomic E-state index is 0.0346. The van der Waals surface area contributed by atoms with E-state index >= 15 is 0 Å². The number of ether oxygens (including phenoxy) is 1. The van der Waals surface area contributed by atoms with E-state index in [1.165, 1.54) is 122 Å². The molecule has 0 aliphatic heterocycles. The average Bonchev–Trinajstić information content (AvgIpc) is 3.31. The number of unbranched alkanes of at least 4 members (excludes halogenated alkanes) is 29. The molecule has 0 heterocycles. The Morgan fingerprint density at radius 2 is 0.942 bits per heavy atom. The van der Waals surface area contributed by atoms with Gasteiger partial charge in [0, 0.05) is 12.8 Å². The number of amides is 1. The second-order valence-electron chi connectivity index (χ2n) is 20.5. The predicted molar refractivity (Wildman–Crippen MR) is 295 cm³/mol. The fourth-order valence-corrected chi connectivity index (χ4v) is 8.79. The molecule has 0 radical (unpaired) electrons. The molecule has 0 bridgehead atoms.